The van der Waals surface area contributed by atoms with Gasteiger partial charge >= 0.3 is 0 Å². The van der Waals surface area contributed by atoms with Crippen LogP contribution in [0.5, 0.6) is 0 Å². The van der Waals surface area contributed by atoms with Gasteiger partial charge in [-0.2, -0.15) is 0 Å². The van der Waals surface area contributed by atoms with Gasteiger partial charge in [0.1, 0.15) is 11.6 Å². The molecule has 0 aliphatic heterocycles. The van der Waals surface area contributed by atoms with Crippen molar-refractivity contribution >= 4 is 11.6 Å². The van der Waals surface area contributed by atoms with Gasteiger partial charge in [0.05, 0.1) is 5.41 Å². The highest BCUT2D eigenvalue weighted by Crippen LogP contribution is 2.59. The van der Waals surface area contributed by atoms with Gasteiger partial charge in [-0.05, 0) is 59.2 Å². The molecule has 32 heavy (non-hydrogen) atoms. The standard InChI is InChI=1S/C26H31F2N3O/c1-5-26(24(32)31-15-17-10-12-18(27)13-11-17)23(30)20(16(2)25(26,3)4)14-22(29)19-8-6-7-9-21(19)28/h6-14,16H,5,15,29-30H2,1-4H3,(H,31,32)/b22-14-/t16-,26?/m0/s1. The molecule has 1 aliphatic carbocycles. The van der Waals surface area contributed by atoms with E-state index in [9.17, 15) is 13.6 Å². The van der Waals surface area contributed by atoms with Crippen LogP contribution in [0.25, 0.3) is 5.70 Å². The zero-order chi connectivity index (χ0) is 23.7. The van der Waals surface area contributed by atoms with Gasteiger partial charge in [-0.1, -0.05) is 52.0 Å². The van der Waals surface area contributed by atoms with E-state index in [1.54, 1.807) is 36.4 Å². The predicted octanol–water partition coefficient (Wildman–Crippen LogP) is 4.87. The van der Waals surface area contributed by atoms with Crippen molar-refractivity contribution in [2.24, 2.45) is 28.2 Å². The third-order valence-electron chi connectivity index (χ3n) is 7.20. The second-order valence-electron chi connectivity index (χ2n) is 8.96. The number of halogens is 2. The Balaban J connectivity index is 1.99. The van der Waals surface area contributed by atoms with Gasteiger partial charge in [0.2, 0.25) is 5.91 Å². The van der Waals surface area contributed by atoms with E-state index in [1.807, 2.05) is 27.7 Å². The second-order valence-corrected chi connectivity index (χ2v) is 8.96. The maximum absolute atomic E-state index is 14.2. The smallest absolute Gasteiger partial charge is 0.232 e. The van der Waals surface area contributed by atoms with Crippen LogP contribution in [0.2, 0.25) is 0 Å². The molecule has 0 saturated carbocycles. The van der Waals surface area contributed by atoms with E-state index >= 15 is 0 Å². The van der Waals surface area contributed by atoms with Crippen LogP contribution in [0.1, 0.15) is 45.2 Å². The highest BCUT2D eigenvalue weighted by atomic mass is 19.1. The Morgan fingerprint density at radius 3 is 2.34 bits per heavy atom. The third kappa shape index (κ3) is 3.78. The SMILES string of the molecule is CCC1(C(=O)NCc2ccc(F)cc2)C(N)=C(/C=C(\N)c2ccccc2F)[C@H](C)C1(C)C. The van der Waals surface area contributed by atoms with Gasteiger partial charge in [0, 0.05) is 23.5 Å². The highest BCUT2D eigenvalue weighted by Gasteiger charge is 2.59. The van der Waals surface area contributed by atoms with Crippen molar-refractivity contribution in [1.29, 1.82) is 0 Å². The lowest BCUT2D eigenvalue weighted by atomic mass is 9.61. The first kappa shape index (κ1) is 23.5. The maximum Gasteiger partial charge on any atom is 0.232 e. The van der Waals surface area contributed by atoms with Crippen LogP contribution in [0.4, 0.5) is 8.78 Å². The molecule has 5 N–H and O–H groups in total. The number of benzene rings is 2. The molecule has 0 spiro atoms. The van der Waals surface area contributed by atoms with Gasteiger partial charge in [-0.25, -0.2) is 8.78 Å². The molecular formula is C26H31F2N3O. The van der Waals surface area contributed by atoms with Crippen molar-refractivity contribution in [3.63, 3.8) is 0 Å². The Morgan fingerprint density at radius 2 is 1.75 bits per heavy atom. The van der Waals surface area contributed by atoms with Crippen LogP contribution in [-0.4, -0.2) is 5.91 Å². The van der Waals surface area contributed by atoms with Crippen molar-refractivity contribution in [3.05, 3.63) is 88.6 Å². The van der Waals surface area contributed by atoms with Crippen LogP contribution in [0.15, 0.2) is 65.9 Å². The number of hydrogen-bond donors (Lipinski definition) is 3. The van der Waals surface area contributed by atoms with E-state index in [1.165, 1.54) is 18.2 Å². The Kier molecular flexibility index (Phi) is 6.44. The summed E-state index contributed by atoms with van der Waals surface area (Å²) >= 11 is 0. The molecule has 2 aromatic rings. The molecular weight excluding hydrogens is 408 g/mol. The summed E-state index contributed by atoms with van der Waals surface area (Å²) in [5.74, 6) is -1.02. The summed E-state index contributed by atoms with van der Waals surface area (Å²) in [5, 5.41) is 2.99. The largest absolute Gasteiger partial charge is 0.401 e. The van der Waals surface area contributed by atoms with Gasteiger partial charge < -0.3 is 16.8 Å². The van der Waals surface area contributed by atoms with E-state index < -0.39 is 16.6 Å². The van der Waals surface area contributed by atoms with Crippen molar-refractivity contribution < 1.29 is 13.6 Å². The van der Waals surface area contributed by atoms with Gasteiger partial charge in [-0.3, -0.25) is 4.79 Å². The number of carbonyl (C=O) groups is 1. The lowest BCUT2D eigenvalue weighted by Gasteiger charge is -2.43. The fourth-order valence-electron chi connectivity index (χ4n) is 4.89. The second kappa shape index (κ2) is 8.77. The fraction of sp³-hybridized carbons (Fsp3) is 0.346. The summed E-state index contributed by atoms with van der Waals surface area (Å²) in [6.07, 6.45) is 2.19. The molecule has 1 aliphatic rings. The normalized spacial score (nSPS) is 22.8. The molecule has 0 fully saturated rings. The van der Waals surface area contributed by atoms with Crippen LogP contribution in [-0.2, 0) is 11.3 Å². The number of nitrogens with one attached hydrogen (secondary N) is 1. The number of nitrogens with two attached hydrogens (primary N) is 2. The van der Waals surface area contributed by atoms with E-state index in [2.05, 4.69) is 5.32 Å². The molecule has 0 radical (unpaired) electrons. The van der Waals surface area contributed by atoms with Crippen molar-refractivity contribution in [1.82, 2.24) is 5.32 Å². The fourth-order valence-corrected chi connectivity index (χ4v) is 4.89. The molecule has 1 amide bonds. The molecule has 1 unspecified atom stereocenters. The minimum absolute atomic E-state index is 0.0932. The summed E-state index contributed by atoms with van der Waals surface area (Å²) < 4.78 is 27.4. The zero-order valence-corrected chi connectivity index (χ0v) is 19.0. The van der Waals surface area contributed by atoms with Crippen LogP contribution in [0, 0.1) is 28.4 Å². The van der Waals surface area contributed by atoms with Crippen molar-refractivity contribution in [3.8, 4) is 0 Å². The van der Waals surface area contributed by atoms with Crippen molar-refractivity contribution in [2.45, 2.75) is 40.7 Å². The number of carbonyl (C=O) groups excluding carboxylic acids is 1. The first-order chi connectivity index (χ1) is 15.1. The zero-order valence-electron chi connectivity index (χ0n) is 19.0. The number of hydrogen-bond acceptors (Lipinski definition) is 3. The van der Waals surface area contributed by atoms with E-state index in [-0.39, 0.29) is 29.9 Å². The lowest BCUT2D eigenvalue weighted by molar-refractivity contribution is -0.136. The Bertz CT molecular complexity index is 1070. The average molecular weight is 440 g/mol. The first-order valence-electron chi connectivity index (χ1n) is 10.8. The number of amides is 1. The molecule has 0 aromatic heterocycles. The van der Waals surface area contributed by atoms with Gasteiger partial charge in [0.15, 0.2) is 0 Å². The van der Waals surface area contributed by atoms with E-state index in [4.69, 9.17) is 11.5 Å². The topological polar surface area (TPSA) is 81.1 Å². The highest BCUT2D eigenvalue weighted by molar-refractivity contribution is 5.88. The molecule has 6 heteroatoms. The summed E-state index contributed by atoms with van der Waals surface area (Å²) in [4.78, 5) is 13.6. The molecule has 2 atom stereocenters. The molecule has 0 bridgehead atoms. The number of allylic oxidation sites excluding steroid dienone is 2. The molecule has 0 saturated heterocycles. The monoisotopic (exact) mass is 439 g/mol. The van der Waals surface area contributed by atoms with E-state index in [0.29, 0.717) is 17.7 Å². The van der Waals surface area contributed by atoms with Crippen molar-refractivity contribution in [2.75, 3.05) is 0 Å². The summed E-state index contributed by atoms with van der Waals surface area (Å²) in [7, 11) is 0. The summed E-state index contributed by atoms with van der Waals surface area (Å²) in [6, 6.07) is 12.3. The Morgan fingerprint density at radius 1 is 1.12 bits per heavy atom. The van der Waals surface area contributed by atoms with Crippen LogP contribution >= 0.6 is 0 Å². The minimum atomic E-state index is -0.964. The van der Waals surface area contributed by atoms with E-state index in [0.717, 1.165) is 11.1 Å². The maximum atomic E-state index is 14.2. The third-order valence-corrected chi connectivity index (χ3v) is 7.20. The average Bonchev–Trinajstić information content (AvgIpc) is 2.90. The van der Waals surface area contributed by atoms with Gasteiger partial charge in [-0.15, -0.1) is 0 Å². The summed E-state index contributed by atoms with van der Waals surface area (Å²) in [5.41, 5.74) is 14.0. The molecule has 2 aromatic carbocycles. The quantitative estimate of drug-likeness (QED) is 0.601. The molecule has 0 heterocycles. The van der Waals surface area contributed by atoms with Gasteiger partial charge in [0.25, 0.3) is 0 Å². The Labute approximate surface area is 188 Å². The molecule has 4 nitrogen and oxygen atoms in total. The predicted molar refractivity (Wildman–Crippen MR) is 124 cm³/mol. The van der Waals surface area contributed by atoms with Crippen LogP contribution in [0.3, 0.4) is 0 Å². The minimum Gasteiger partial charge on any atom is -0.401 e. The summed E-state index contributed by atoms with van der Waals surface area (Å²) in [6.45, 7) is 8.25. The lowest BCUT2D eigenvalue weighted by Crippen LogP contribution is -2.51. The number of rotatable bonds is 6. The molecule has 3 rings (SSSR count). The van der Waals surface area contributed by atoms with Crippen LogP contribution < -0.4 is 16.8 Å². The molecule has 170 valence electrons. The Hall–Kier alpha value is -3.15. The first-order valence-corrected chi connectivity index (χ1v) is 10.8.